The van der Waals surface area contributed by atoms with Crippen LogP contribution in [0.25, 0.3) is 0 Å². The number of esters is 2. The summed E-state index contributed by atoms with van der Waals surface area (Å²) in [6.07, 6.45) is 0.568. The Hall–Kier alpha value is -3.23. The van der Waals surface area contributed by atoms with Crippen molar-refractivity contribution in [3.8, 4) is 0 Å². The Labute approximate surface area is 182 Å². The summed E-state index contributed by atoms with van der Waals surface area (Å²) in [4.78, 5) is 32.9. The summed E-state index contributed by atoms with van der Waals surface area (Å²) in [5.41, 5.74) is 1.60. The molecule has 8 nitrogen and oxygen atoms in total. The summed E-state index contributed by atoms with van der Waals surface area (Å²) in [5, 5.41) is 17.6. The first kappa shape index (κ1) is 27.8. The van der Waals surface area contributed by atoms with Gasteiger partial charge in [0.15, 0.2) is 6.29 Å². The molecule has 1 aromatic carbocycles. The summed E-state index contributed by atoms with van der Waals surface area (Å²) in [6, 6.07) is 9.30. The molecule has 1 aromatic rings. The molecule has 0 aromatic heterocycles. The van der Waals surface area contributed by atoms with Crippen molar-refractivity contribution in [1.82, 2.24) is 0 Å². The molecule has 0 saturated heterocycles. The number of carboxylic acids is 1. The van der Waals surface area contributed by atoms with Crippen LogP contribution in [0.3, 0.4) is 0 Å². The smallest absolute Gasteiger partial charge is 0.334 e. The number of aliphatic hydroxyl groups excluding tert-OH is 1. The SMILES string of the molecule is C=C(C)C(=O)OCC(O)OCC.C=C(CC=C(C)C(=O)O)C(=O)OCc1ccccc1. The molecule has 1 unspecified atom stereocenters. The minimum atomic E-state index is -1.04. The molecule has 0 bridgehead atoms. The van der Waals surface area contributed by atoms with Gasteiger partial charge in [0.05, 0.1) is 0 Å². The highest BCUT2D eigenvalue weighted by Crippen LogP contribution is 2.08. The van der Waals surface area contributed by atoms with Gasteiger partial charge in [0.1, 0.15) is 13.2 Å². The first-order valence-electron chi connectivity index (χ1n) is 9.49. The number of hydrogen-bond acceptors (Lipinski definition) is 7. The van der Waals surface area contributed by atoms with Crippen LogP contribution in [0.5, 0.6) is 0 Å². The Balaban J connectivity index is 0.000000649. The van der Waals surface area contributed by atoms with E-state index in [0.29, 0.717) is 12.2 Å². The largest absolute Gasteiger partial charge is 0.478 e. The Morgan fingerprint density at radius 3 is 2.19 bits per heavy atom. The lowest BCUT2D eigenvalue weighted by Gasteiger charge is -2.10. The quantitative estimate of drug-likeness (QED) is 0.310. The van der Waals surface area contributed by atoms with Gasteiger partial charge < -0.3 is 24.4 Å². The van der Waals surface area contributed by atoms with Crippen LogP contribution in [-0.2, 0) is 35.2 Å². The zero-order valence-corrected chi connectivity index (χ0v) is 18.1. The minimum absolute atomic E-state index is 0.153. The maximum atomic E-state index is 11.6. The van der Waals surface area contributed by atoms with Crippen molar-refractivity contribution in [3.05, 3.63) is 71.8 Å². The van der Waals surface area contributed by atoms with Gasteiger partial charge in [-0.1, -0.05) is 49.6 Å². The molecule has 0 fully saturated rings. The number of allylic oxidation sites excluding steroid dienone is 1. The lowest BCUT2D eigenvalue weighted by atomic mass is 10.1. The molecule has 0 heterocycles. The molecule has 0 aliphatic carbocycles. The van der Waals surface area contributed by atoms with Gasteiger partial charge >= 0.3 is 17.9 Å². The molecular weight excluding hydrogens is 404 g/mol. The maximum Gasteiger partial charge on any atom is 0.334 e. The summed E-state index contributed by atoms with van der Waals surface area (Å²) < 4.78 is 14.4. The summed E-state index contributed by atoms with van der Waals surface area (Å²) in [7, 11) is 0. The first-order valence-corrected chi connectivity index (χ1v) is 9.49. The highest BCUT2D eigenvalue weighted by molar-refractivity contribution is 5.89. The predicted octanol–water partition coefficient (Wildman–Crippen LogP) is 3.17. The fraction of sp³-hybridized carbons (Fsp3) is 0.348. The highest BCUT2D eigenvalue weighted by Gasteiger charge is 2.09. The van der Waals surface area contributed by atoms with Crippen molar-refractivity contribution in [1.29, 1.82) is 0 Å². The molecule has 0 amide bonds. The van der Waals surface area contributed by atoms with E-state index in [1.165, 1.54) is 19.9 Å². The molecule has 0 aliphatic heterocycles. The zero-order valence-electron chi connectivity index (χ0n) is 18.1. The van der Waals surface area contributed by atoms with Crippen LogP contribution in [-0.4, -0.2) is 47.6 Å². The maximum absolute atomic E-state index is 11.6. The number of aliphatic hydroxyl groups is 1. The number of rotatable bonds is 11. The third-order valence-electron chi connectivity index (χ3n) is 3.56. The Morgan fingerprint density at radius 1 is 1.06 bits per heavy atom. The van der Waals surface area contributed by atoms with Gasteiger partial charge in [-0.3, -0.25) is 0 Å². The van der Waals surface area contributed by atoms with Crippen LogP contribution in [0.4, 0.5) is 0 Å². The second-order valence-electron chi connectivity index (χ2n) is 6.35. The van der Waals surface area contributed by atoms with E-state index in [-0.39, 0.29) is 30.8 Å². The molecule has 0 saturated carbocycles. The van der Waals surface area contributed by atoms with Crippen LogP contribution < -0.4 is 0 Å². The van der Waals surface area contributed by atoms with Crippen LogP contribution >= 0.6 is 0 Å². The van der Waals surface area contributed by atoms with Gasteiger partial charge in [0, 0.05) is 23.3 Å². The lowest BCUT2D eigenvalue weighted by molar-refractivity contribution is -0.161. The van der Waals surface area contributed by atoms with Crippen LogP contribution in [0.1, 0.15) is 32.8 Å². The molecule has 0 radical (unpaired) electrons. The van der Waals surface area contributed by atoms with E-state index in [4.69, 9.17) is 19.7 Å². The van der Waals surface area contributed by atoms with E-state index in [1.807, 2.05) is 30.3 Å². The van der Waals surface area contributed by atoms with E-state index < -0.39 is 24.2 Å². The highest BCUT2D eigenvalue weighted by atomic mass is 16.6. The second-order valence-corrected chi connectivity index (χ2v) is 6.35. The molecule has 0 aliphatic rings. The number of hydrogen-bond donors (Lipinski definition) is 2. The van der Waals surface area contributed by atoms with E-state index in [1.54, 1.807) is 6.92 Å². The third kappa shape index (κ3) is 13.6. The molecule has 2 N–H and O–H groups in total. The Kier molecular flexibility index (Phi) is 14.0. The monoisotopic (exact) mass is 434 g/mol. The van der Waals surface area contributed by atoms with Gasteiger partial charge in [0.25, 0.3) is 0 Å². The average Bonchev–Trinajstić information content (AvgIpc) is 2.74. The minimum Gasteiger partial charge on any atom is -0.478 e. The van der Waals surface area contributed by atoms with Crippen molar-refractivity contribution in [3.63, 3.8) is 0 Å². The number of aliphatic carboxylic acids is 1. The predicted molar refractivity (Wildman–Crippen MR) is 115 cm³/mol. The topological polar surface area (TPSA) is 119 Å². The van der Waals surface area contributed by atoms with Crippen molar-refractivity contribution < 1.29 is 38.8 Å². The summed E-state index contributed by atoms with van der Waals surface area (Å²) in [6.45, 7) is 12.1. The van der Waals surface area contributed by atoms with Crippen LogP contribution in [0.15, 0.2) is 66.3 Å². The average molecular weight is 434 g/mol. The fourth-order valence-corrected chi connectivity index (χ4v) is 1.78. The first-order chi connectivity index (χ1) is 14.6. The number of carbonyl (C=O) groups excluding carboxylic acids is 2. The zero-order chi connectivity index (χ0) is 23.8. The van der Waals surface area contributed by atoms with E-state index in [9.17, 15) is 14.4 Å². The van der Waals surface area contributed by atoms with Crippen LogP contribution in [0.2, 0.25) is 0 Å². The van der Waals surface area contributed by atoms with Gasteiger partial charge in [0.2, 0.25) is 0 Å². The van der Waals surface area contributed by atoms with Crippen molar-refractivity contribution >= 4 is 17.9 Å². The number of benzene rings is 1. The number of carbonyl (C=O) groups is 3. The van der Waals surface area contributed by atoms with Crippen molar-refractivity contribution in [2.45, 2.75) is 40.1 Å². The summed E-state index contributed by atoms with van der Waals surface area (Å²) in [5.74, 6) is -2.04. The molecule has 0 spiro atoms. The Bertz CT molecular complexity index is 780. The van der Waals surface area contributed by atoms with Gasteiger partial charge in [-0.05, 0) is 32.8 Å². The lowest BCUT2D eigenvalue weighted by Crippen LogP contribution is -2.21. The molecule has 1 atom stereocenters. The number of carboxylic acid groups (broad SMARTS) is 1. The van der Waals surface area contributed by atoms with E-state index in [2.05, 4.69) is 17.9 Å². The molecule has 31 heavy (non-hydrogen) atoms. The number of ether oxygens (including phenoxy) is 3. The molecule has 1 rings (SSSR count). The molecular formula is C23H30O8. The third-order valence-corrected chi connectivity index (χ3v) is 3.56. The Morgan fingerprint density at radius 2 is 1.68 bits per heavy atom. The summed E-state index contributed by atoms with van der Waals surface area (Å²) >= 11 is 0. The standard InChI is InChI=1S/C15H16O4.C8H14O4/c1-11(14(16)17)8-9-12(2)15(18)19-10-13-6-4-3-5-7-13;1-4-11-7(9)5-12-8(10)6(2)3/h3-8H,2,9-10H2,1H3,(H,16,17);7,9H,2,4-5H2,1,3H3. The molecule has 170 valence electrons. The van der Waals surface area contributed by atoms with Crippen molar-refractivity contribution in [2.75, 3.05) is 13.2 Å². The normalized spacial score (nSPS) is 11.4. The fourth-order valence-electron chi connectivity index (χ4n) is 1.78. The van der Waals surface area contributed by atoms with Crippen molar-refractivity contribution in [2.24, 2.45) is 0 Å². The molecule has 8 heteroatoms. The van der Waals surface area contributed by atoms with Gasteiger partial charge in [-0.2, -0.15) is 0 Å². The second kappa shape index (κ2) is 15.6. The van der Waals surface area contributed by atoms with E-state index >= 15 is 0 Å². The van der Waals surface area contributed by atoms with Gasteiger partial charge in [-0.15, -0.1) is 0 Å². The van der Waals surface area contributed by atoms with E-state index in [0.717, 1.165) is 5.56 Å². The van der Waals surface area contributed by atoms with Crippen LogP contribution in [0, 0.1) is 0 Å². The van der Waals surface area contributed by atoms with Gasteiger partial charge in [-0.25, -0.2) is 14.4 Å².